The molecule has 0 atom stereocenters. The molecule has 6 nitrogen and oxygen atoms in total. The van der Waals surface area contributed by atoms with E-state index in [9.17, 15) is 13.6 Å². The highest BCUT2D eigenvalue weighted by Gasteiger charge is 2.18. The van der Waals surface area contributed by atoms with Gasteiger partial charge in [-0.3, -0.25) is 10.00 Å². The second kappa shape index (κ2) is 9.68. The van der Waals surface area contributed by atoms with Gasteiger partial charge in [-0.1, -0.05) is 15.9 Å². The summed E-state index contributed by atoms with van der Waals surface area (Å²) in [6.45, 7) is 7.50. The molecule has 32 heavy (non-hydrogen) atoms. The highest BCUT2D eigenvalue weighted by Crippen LogP contribution is 2.26. The van der Waals surface area contributed by atoms with E-state index in [1.165, 1.54) is 12.1 Å². The van der Waals surface area contributed by atoms with Crippen LogP contribution < -0.4 is 10.1 Å². The first-order valence-electron chi connectivity index (χ1n) is 9.90. The zero-order valence-corrected chi connectivity index (χ0v) is 19.8. The number of amides is 1. The van der Waals surface area contributed by atoms with Gasteiger partial charge < -0.3 is 9.47 Å². The van der Waals surface area contributed by atoms with E-state index in [0.29, 0.717) is 18.1 Å². The largest absolute Gasteiger partial charge is 0.488 e. The van der Waals surface area contributed by atoms with Crippen molar-refractivity contribution in [2.45, 2.75) is 46.4 Å². The Bertz CT molecular complexity index is 1130. The van der Waals surface area contributed by atoms with Gasteiger partial charge in [0.05, 0.1) is 6.54 Å². The lowest BCUT2D eigenvalue weighted by molar-refractivity contribution is 0.0635. The third kappa shape index (κ3) is 6.53. The van der Waals surface area contributed by atoms with E-state index >= 15 is 0 Å². The fourth-order valence-corrected chi connectivity index (χ4v) is 3.32. The Morgan fingerprint density at radius 1 is 1.12 bits per heavy atom. The summed E-state index contributed by atoms with van der Waals surface area (Å²) in [6.07, 6.45) is -0.588. The SMILES string of the molecule is Cc1cc(NC(=O)OC(C)(C)C)nn1Cc1cc(Br)ccc1OCc1ccc(F)cc1F. The molecule has 170 valence electrons. The molecular formula is C23H24BrF2N3O3. The maximum absolute atomic E-state index is 13.9. The Hall–Kier alpha value is -2.94. The number of hydrogen-bond acceptors (Lipinski definition) is 4. The van der Waals surface area contributed by atoms with E-state index in [2.05, 4.69) is 26.3 Å². The van der Waals surface area contributed by atoms with Gasteiger partial charge >= 0.3 is 6.09 Å². The van der Waals surface area contributed by atoms with Crippen LogP contribution in [0, 0.1) is 18.6 Å². The van der Waals surface area contributed by atoms with Crippen molar-refractivity contribution in [1.29, 1.82) is 0 Å². The Morgan fingerprint density at radius 2 is 1.88 bits per heavy atom. The number of hydrogen-bond donors (Lipinski definition) is 1. The van der Waals surface area contributed by atoms with E-state index < -0.39 is 23.3 Å². The summed E-state index contributed by atoms with van der Waals surface area (Å²) in [5, 5.41) is 7.04. The van der Waals surface area contributed by atoms with Crippen LogP contribution in [-0.4, -0.2) is 21.5 Å². The minimum absolute atomic E-state index is 0.0513. The molecular weight excluding hydrogens is 484 g/mol. The van der Waals surface area contributed by atoms with Crippen molar-refractivity contribution in [2.24, 2.45) is 0 Å². The molecule has 0 bridgehead atoms. The molecule has 3 aromatic rings. The molecule has 1 amide bonds. The summed E-state index contributed by atoms with van der Waals surface area (Å²) in [6, 6.07) is 10.6. The van der Waals surface area contributed by atoms with Crippen LogP contribution in [0.4, 0.5) is 19.4 Å². The van der Waals surface area contributed by atoms with Crippen molar-refractivity contribution in [1.82, 2.24) is 9.78 Å². The molecule has 1 N–H and O–H groups in total. The van der Waals surface area contributed by atoms with Crippen LogP contribution in [0.15, 0.2) is 46.9 Å². The van der Waals surface area contributed by atoms with Gasteiger partial charge in [0.15, 0.2) is 5.82 Å². The molecule has 0 saturated heterocycles. The summed E-state index contributed by atoms with van der Waals surface area (Å²) in [5.74, 6) is -0.402. The number of halogens is 3. The normalized spacial score (nSPS) is 11.3. The quantitative estimate of drug-likeness (QED) is 0.430. The maximum atomic E-state index is 13.9. The van der Waals surface area contributed by atoms with E-state index in [1.807, 2.05) is 19.1 Å². The van der Waals surface area contributed by atoms with Gasteiger partial charge in [0.1, 0.15) is 29.6 Å². The molecule has 0 aliphatic carbocycles. The molecule has 9 heteroatoms. The number of carbonyl (C=O) groups is 1. The highest BCUT2D eigenvalue weighted by molar-refractivity contribution is 9.10. The molecule has 3 rings (SSSR count). The van der Waals surface area contributed by atoms with Gasteiger partial charge in [-0.25, -0.2) is 13.6 Å². The van der Waals surface area contributed by atoms with Crippen molar-refractivity contribution in [3.63, 3.8) is 0 Å². The van der Waals surface area contributed by atoms with Crippen molar-refractivity contribution >= 4 is 27.8 Å². The van der Waals surface area contributed by atoms with Crippen molar-refractivity contribution in [2.75, 3.05) is 5.32 Å². The molecule has 0 radical (unpaired) electrons. The molecule has 0 saturated carbocycles. The summed E-state index contributed by atoms with van der Waals surface area (Å²) in [5.41, 5.74) is 1.23. The summed E-state index contributed by atoms with van der Waals surface area (Å²) < 4.78 is 40.7. The number of benzene rings is 2. The van der Waals surface area contributed by atoms with Crippen LogP contribution in [0.5, 0.6) is 5.75 Å². The van der Waals surface area contributed by atoms with Gasteiger partial charge in [-0.05, 0) is 58.0 Å². The molecule has 0 aliphatic rings. The monoisotopic (exact) mass is 507 g/mol. The lowest BCUT2D eigenvalue weighted by Crippen LogP contribution is -2.27. The van der Waals surface area contributed by atoms with Gasteiger partial charge in [-0.15, -0.1) is 0 Å². The van der Waals surface area contributed by atoms with Crippen molar-refractivity contribution in [3.8, 4) is 5.75 Å². The molecule has 1 heterocycles. The zero-order chi connectivity index (χ0) is 23.5. The van der Waals surface area contributed by atoms with E-state index in [-0.39, 0.29) is 12.2 Å². The molecule has 0 fully saturated rings. The van der Waals surface area contributed by atoms with Gasteiger partial charge in [0.25, 0.3) is 0 Å². The first-order valence-corrected chi connectivity index (χ1v) is 10.7. The van der Waals surface area contributed by atoms with E-state index in [0.717, 1.165) is 21.8 Å². The van der Waals surface area contributed by atoms with Crippen LogP contribution >= 0.6 is 15.9 Å². The van der Waals surface area contributed by atoms with Crippen LogP contribution in [-0.2, 0) is 17.9 Å². The Balaban J connectivity index is 1.75. The van der Waals surface area contributed by atoms with Crippen LogP contribution in [0.1, 0.15) is 37.6 Å². The third-order valence-corrected chi connectivity index (χ3v) is 4.84. The predicted octanol–water partition coefficient (Wildman–Crippen LogP) is 6.21. The Kier molecular flexibility index (Phi) is 7.18. The van der Waals surface area contributed by atoms with Gasteiger partial charge in [0, 0.05) is 33.4 Å². The van der Waals surface area contributed by atoms with E-state index in [4.69, 9.17) is 9.47 Å². The average molecular weight is 508 g/mol. The topological polar surface area (TPSA) is 65.4 Å². The number of carbonyl (C=O) groups excluding carboxylic acids is 1. The summed E-state index contributed by atoms with van der Waals surface area (Å²) in [7, 11) is 0. The Morgan fingerprint density at radius 3 is 2.56 bits per heavy atom. The second-order valence-corrected chi connectivity index (χ2v) is 9.15. The smallest absolute Gasteiger partial charge is 0.413 e. The predicted molar refractivity (Wildman–Crippen MR) is 121 cm³/mol. The Labute approximate surface area is 193 Å². The molecule has 0 unspecified atom stereocenters. The van der Waals surface area contributed by atoms with Crippen LogP contribution in [0.2, 0.25) is 0 Å². The first-order chi connectivity index (χ1) is 15.0. The number of nitrogens with zero attached hydrogens (tertiary/aromatic N) is 2. The first kappa shape index (κ1) is 23.7. The maximum Gasteiger partial charge on any atom is 0.413 e. The summed E-state index contributed by atoms with van der Waals surface area (Å²) in [4.78, 5) is 12.0. The van der Waals surface area contributed by atoms with Crippen molar-refractivity contribution < 1.29 is 23.0 Å². The number of rotatable bonds is 6. The second-order valence-electron chi connectivity index (χ2n) is 8.23. The molecule has 0 aliphatic heterocycles. The highest BCUT2D eigenvalue weighted by atomic mass is 79.9. The molecule has 0 spiro atoms. The summed E-state index contributed by atoms with van der Waals surface area (Å²) >= 11 is 3.45. The fourth-order valence-electron chi connectivity index (χ4n) is 2.91. The average Bonchev–Trinajstić information content (AvgIpc) is 2.99. The van der Waals surface area contributed by atoms with Crippen LogP contribution in [0.3, 0.4) is 0 Å². The van der Waals surface area contributed by atoms with E-state index in [1.54, 1.807) is 37.6 Å². The minimum atomic E-state index is -0.663. The number of anilines is 1. The van der Waals surface area contributed by atoms with Crippen molar-refractivity contribution in [3.05, 3.63) is 75.4 Å². The third-order valence-electron chi connectivity index (χ3n) is 4.35. The number of aryl methyl sites for hydroxylation is 1. The minimum Gasteiger partial charge on any atom is -0.488 e. The van der Waals surface area contributed by atoms with Gasteiger partial charge in [0.2, 0.25) is 0 Å². The number of aromatic nitrogens is 2. The fraction of sp³-hybridized carbons (Fsp3) is 0.304. The lowest BCUT2D eigenvalue weighted by Gasteiger charge is -2.19. The molecule has 1 aromatic heterocycles. The lowest BCUT2D eigenvalue weighted by atomic mass is 10.2. The molecule has 2 aromatic carbocycles. The zero-order valence-electron chi connectivity index (χ0n) is 18.2. The number of nitrogens with one attached hydrogen (secondary N) is 1. The van der Waals surface area contributed by atoms with Gasteiger partial charge in [-0.2, -0.15) is 5.10 Å². The standard InChI is InChI=1S/C23H24BrF2N3O3/c1-14-9-21(27-22(30)32-23(2,3)4)28-29(14)12-16-10-17(24)6-8-20(16)31-13-15-5-7-18(25)11-19(15)26/h5-11H,12-13H2,1-4H3,(H,27,28,30). The number of ether oxygens (including phenoxy) is 2. The van der Waals surface area contributed by atoms with Crippen LogP contribution in [0.25, 0.3) is 0 Å².